The van der Waals surface area contributed by atoms with E-state index in [1.54, 1.807) is 0 Å². The lowest BCUT2D eigenvalue weighted by Crippen LogP contribution is -2.19. The molecule has 0 radical (unpaired) electrons. The second kappa shape index (κ2) is 6.10. The monoisotopic (exact) mass is 279 g/mol. The van der Waals surface area contributed by atoms with Gasteiger partial charge in [-0.2, -0.15) is 5.10 Å². The van der Waals surface area contributed by atoms with Gasteiger partial charge >= 0.3 is 0 Å². The van der Waals surface area contributed by atoms with Crippen LogP contribution in [0.4, 0.5) is 0 Å². The predicted octanol–water partition coefficient (Wildman–Crippen LogP) is 3.56. The maximum atomic E-state index is 4.37. The zero-order chi connectivity index (χ0) is 14.7. The number of hydrogen-bond donors (Lipinski definition) is 1. The smallest absolute Gasteiger partial charge is 0.0522 e. The fourth-order valence-corrected chi connectivity index (χ4v) is 2.84. The Labute approximate surface area is 125 Å². The SMILES string of the molecule is CCn1cc(CC(NC)c2cccc3ccccc23)cn1. The molecule has 0 aliphatic carbocycles. The average Bonchev–Trinajstić information content (AvgIpc) is 3.00. The largest absolute Gasteiger partial charge is 0.313 e. The standard InChI is InChI=1S/C18H21N3/c1-3-21-13-14(12-20-21)11-18(19-2)17-10-6-8-15-7-4-5-9-16(15)17/h4-10,12-13,18-19H,3,11H2,1-2H3. The molecule has 1 N–H and O–H groups in total. The van der Waals surface area contributed by atoms with Crippen LogP contribution in [-0.2, 0) is 13.0 Å². The third-order valence-corrected chi connectivity index (χ3v) is 4.00. The van der Waals surface area contributed by atoms with E-state index in [0.717, 1.165) is 13.0 Å². The quantitative estimate of drug-likeness (QED) is 0.774. The summed E-state index contributed by atoms with van der Waals surface area (Å²) in [5.41, 5.74) is 2.61. The van der Waals surface area contributed by atoms with Crippen LogP contribution in [0, 0.1) is 0 Å². The van der Waals surface area contributed by atoms with Gasteiger partial charge < -0.3 is 5.32 Å². The topological polar surface area (TPSA) is 29.9 Å². The molecule has 1 unspecified atom stereocenters. The lowest BCUT2D eigenvalue weighted by molar-refractivity contribution is 0.595. The van der Waals surface area contributed by atoms with Crippen molar-refractivity contribution in [2.45, 2.75) is 25.9 Å². The Morgan fingerprint density at radius 1 is 1.14 bits per heavy atom. The molecule has 1 heterocycles. The number of hydrogen-bond acceptors (Lipinski definition) is 2. The molecule has 0 fully saturated rings. The molecule has 3 heteroatoms. The molecule has 0 amide bonds. The van der Waals surface area contributed by atoms with Crippen molar-refractivity contribution in [1.29, 1.82) is 0 Å². The molecule has 1 atom stereocenters. The summed E-state index contributed by atoms with van der Waals surface area (Å²) in [6.07, 6.45) is 5.05. The molecule has 2 aromatic carbocycles. The van der Waals surface area contributed by atoms with Gasteiger partial charge in [-0.05, 0) is 42.3 Å². The maximum Gasteiger partial charge on any atom is 0.0522 e. The fraction of sp³-hybridized carbons (Fsp3) is 0.278. The Morgan fingerprint density at radius 3 is 2.71 bits per heavy atom. The highest BCUT2D eigenvalue weighted by molar-refractivity contribution is 5.86. The minimum atomic E-state index is 0.297. The number of fused-ring (bicyclic) bond motifs is 1. The van der Waals surface area contributed by atoms with Crippen molar-refractivity contribution in [3.8, 4) is 0 Å². The zero-order valence-electron chi connectivity index (χ0n) is 12.6. The van der Waals surface area contributed by atoms with E-state index in [0.29, 0.717) is 6.04 Å². The summed E-state index contributed by atoms with van der Waals surface area (Å²) in [6, 6.07) is 15.4. The van der Waals surface area contributed by atoms with Crippen molar-refractivity contribution in [2.24, 2.45) is 0 Å². The second-order valence-electron chi connectivity index (χ2n) is 5.32. The Bertz CT molecular complexity index is 725. The van der Waals surface area contributed by atoms with Crippen molar-refractivity contribution in [3.05, 3.63) is 66.0 Å². The van der Waals surface area contributed by atoms with Gasteiger partial charge in [0.25, 0.3) is 0 Å². The summed E-state index contributed by atoms with van der Waals surface area (Å²) in [6.45, 7) is 3.02. The van der Waals surface area contributed by atoms with Gasteiger partial charge in [-0.3, -0.25) is 4.68 Å². The zero-order valence-corrected chi connectivity index (χ0v) is 12.6. The van der Waals surface area contributed by atoms with Crippen LogP contribution < -0.4 is 5.32 Å². The Morgan fingerprint density at radius 2 is 1.95 bits per heavy atom. The number of benzene rings is 2. The third-order valence-electron chi connectivity index (χ3n) is 4.00. The van der Waals surface area contributed by atoms with Crippen LogP contribution >= 0.6 is 0 Å². The Kier molecular flexibility index (Phi) is 4.02. The molecule has 3 aromatic rings. The molecular formula is C18H21N3. The molecule has 0 spiro atoms. The third kappa shape index (κ3) is 2.83. The normalized spacial score (nSPS) is 12.7. The van der Waals surface area contributed by atoms with Gasteiger partial charge in [0.15, 0.2) is 0 Å². The summed E-state index contributed by atoms with van der Waals surface area (Å²) < 4.78 is 1.98. The molecule has 0 saturated carbocycles. The van der Waals surface area contributed by atoms with Gasteiger partial charge in [0.1, 0.15) is 0 Å². The lowest BCUT2D eigenvalue weighted by Gasteiger charge is -2.18. The number of aryl methyl sites for hydroxylation is 1. The van der Waals surface area contributed by atoms with Gasteiger partial charge in [0.2, 0.25) is 0 Å². The molecule has 0 aliphatic rings. The van der Waals surface area contributed by atoms with E-state index < -0.39 is 0 Å². The first kappa shape index (κ1) is 13.8. The van der Waals surface area contributed by atoms with E-state index in [1.807, 2.05) is 17.9 Å². The van der Waals surface area contributed by atoms with Crippen molar-refractivity contribution in [2.75, 3.05) is 7.05 Å². The van der Waals surface area contributed by atoms with Gasteiger partial charge in [0.05, 0.1) is 6.20 Å². The molecular weight excluding hydrogens is 258 g/mol. The number of nitrogens with zero attached hydrogens (tertiary/aromatic N) is 2. The second-order valence-corrected chi connectivity index (χ2v) is 5.32. The minimum Gasteiger partial charge on any atom is -0.313 e. The number of aromatic nitrogens is 2. The van der Waals surface area contributed by atoms with Gasteiger partial charge in [0, 0.05) is 18.8 Å². The maximum absolute atomic E-state index is 4.37. The van der Waals surface area contributed by atoms with E-state index in [1.165, 1.54) is 21.9 Å². The van der Waals surface area contributed by atoms with E-state index in [-0.39, 0.29) is 0 Å². The number of likely N-dealkylation sites (N-methyl/N-ethyl adjacent to an activating group) is 1. The lowest BCUT2D eigenvalue weighted by atomic mass is 9.95. The van der Waals surface area contributed by atoms with Crippen LogP contribution in [0.2, 0.25) is 0 Å². The van der Waals surface area contributed by atoms with E-state index >= 15 is 0 Å². The summed E-state index contributed by atoms with van der Waals surface area (Å²) in [7, 11) is 2.02. The molecule has 0 bridgehead atoms. The van der Waals surface area contributed by atoms with Gasteiger partial charge in [-0.25, -0.2) is 0 Å². The van der Waals surface area contributed by atoms with Crippen LogP contribution in [0.3, 0.4) is 0 Å². The predicted molar refractivity (Wildman–Crippen MR) is 87.4 cm³/mol. The molecule has 108 valence electrons. The summed E-state index contributed by atoms with van der Waals surface area (Å²) >= 11 is 0. The number of rotatable bonds is 5. The first-order valence-electron chi connectivity index (χ1n) is 7.48. The molecule has 3 nitrogen and oxygen atoms in total. The highest BCUT2D eigenvalue weighted by Gasteiger charge is 2.13. The minimum absolute atomic E-state index is 0.297. The fourth-order valence-electron chi connectivity index (χ4n) is 2.84. The molecule has 1 aromatic heterocycles. The van der Waals surface area contributed by atoms with Crippen LogP contribution in [-0.4, -0.2) is 16.8 Å². The van der Waals surface area contributed by atoms with Gasteiger partial charge in [-0.15, -0.1) is 0 Å². The number of nitrogens with one attached hydrogen (secondary N) is 1. The van der Waals surface area contributed by atoms with Crippen LogP contribution in [0.25, 0.3) is 10.8 Å². The molecule has 21 heavy (non-hydrogen) atoms. The summed E-state index contributed by atoms with van der Waals surface area (Å²) in [4.78, 5) is 0. The molecule has 0 saturated heterocycles. The van der Waals surface area contributed by atoms with Crippen LogP contribution in [0.1, 0.15) is 24.1 Å². The highest BCUT2D eigenvalue weighted by Crippen LogP contribution is 2.26. The van der Waals surface area contributed by atoms with Crippen molar-refractivity contribution in [1.82, 2.24) is 15.1 Å². The van der Waals surface area contributed by atoms with Crippen LogP contribution in [0.15, 0.2) is 54.9 Å². The van der Waals surface area contributed by atoms with Crippen LogP contribution in [0.5, 0.6) is 0 Å². The van der Waals surface area contributed by atoms with Crippen molar-refractivity contribution >= 4 is 10.8 Å². The van der Waals surface area contributed by atoms with E-state index in [4.69, 9.17) is 0 Å². The average molecular weight is 279 g/mol. The van der Waals surface area contributed by atoms with E-state index in [2.05, 4.69) is 66.0 Å². The highest BCUT2D eigenvalue weighted by atomic mass is 15.3. The van der Waals surface area contributed by atoms with Crippen molar-refractivity contribution < 1.29 is 0 Å². The first-order valence-corrected chi connectivity index (χ1v) is 7.48. The first-order chi connectivity index (χ1) is 10.3. The van der Waals surface area contributed by atoms with E-state index in [9.17, 15) is 0 Å². The summed E-state index contributed by atoms with van der Waals surface area (Å²) in [5, 5.41) is 10.4. The Hall–Kier alpha value is -2.13. The van der Waals surface area contributed by atoms with Crippen molar-refractivity contribution in [3.63, 3.8) is 0 Å². The Balaban J connectivity index is 1.94. The molecule has 3 rings (SSSR count). The molecule has 0 aliphatic heterocycles. The summed E-state index contributed by atoms with van der Waals surface area (Å²) in [5.74, 6) is 0. The van der Waals surface area contributed by atoms with Gasteiger partial charge in [-0.1, -0.05) is 42.5 Å².